The van der Waals surface area contributed by atoms with Crippen LogP contribution in [0, 0.1) is 5.92 Å². The van der Waals surface area contributed by atoms with Crippen molar-refractivity contribution < 1.29 is 4.74 Å². The Morgan fingerprint density at radius 3 is 2.94 bits per heavy atom. The summed E-state index contributed by atoms with van der Waals surface area (Å²) in [5, 5.41) is 3.94. The summed E-state index contributed by atoms with van der Waals surface area (Å²) in [6.45, 7) is 3.37. The van der Waals surface area contributed by atoms with Crippen LogP contribution in [0.3, 0.4) is 0 Å². The summed E-state index contributed by atoms with van der Waals surface area (Å²) in [6.07, 6.45) is 2.69. The van der Waals surface area contributed by atoms with Gasteiger partial charge in [0.1, 0.15) is 0 Å². The molecule has 0 bridgehead atoms. The Balaban J connectivity index is 1.58. The number of nitrogen functional groups attached to an aromatic ring is 1. The minimum absolute atomic E-state index is 0.620. The molecule has 1 saturated carbocycles. The van der Waals surface area contributed by atoms with Gasteiger partial charge in [-0.2, -0.15) is 0 Å². The Hall–Kier alpha value is -0.770. The standard InChI is InChI=1S/C13H19ClN2O/c14-12-7-11(3-4-13(12)15)8-16-5-6-17-9-10-1-2-10/h3-4,7,10,16H,1-2,5-6,8-9,15H2. The van der Waals surface area contributed by atoms with Crippen LogP contribution in [0.5, 0.6) is 0 Å². The fourth-order valence-corrected chi connectivity index (χ4v) is 1.80. The van der Waals surface area contributed by atoms with E-state index in [-0.39, 0.29) is 0 Å². The molecule has 3 nitrogen and oxygen atoms in total. The van der Waals surface area contributed by atoms with E-state index in [2.05, 4.69) is 5.32 Å². The zero-order valence-electron chi connectivity index (χ0n) is 9.92. The molecule has 3 N–H and O–H groups in total. The lowest BCUT2D eigenvalue weighted by atomic mass is 10.2. The predicted molar refractivity (Wildman–Crippen MR) is 71.1 cm³/mol. The summed E-state index contributed by atoms with van der Waals surface area (Å²) >= 11 is 5.94. The van der Waals surface area contributed by atoms with Crippen molar-refractivity contribution in [3.8, 4) is 0 Å². The number of nitrogens with two attached hydrogens (primary N) is 1. The first-order valence-electron chi connectivity index (χ1n) is 6.08. The van der Waals surface area contributed by atoms with E-state index in [1.165, 1.54) is 12.8 Å². The van der Waals surface area contributed by atoms with Crippen LogP contribution in [0.2, 0.25) is 5.02 Å². The highest BCUT2D eigenvalue weighted by Gasteiger charge is 2.20. The molecule has 0 unspecified atom stereocenters. The van der Waals surface area contributed by atoms with Gasteiger partial charge >= 0.3 is 0 Å². The minimum Gasteiger partial charge on any atom is -0.398 e. The molecule has 4 heteroatoms. The van der Waals surface area contributed by atoms with Crippen molar-refractivity contribution >= 4 is 17.3 Å². The molecule has 0 saturated heterocycles. The largest absolute Gasteiger partial charge is 0.398 e. The highest BCUT2D eigenvalue weighted by Crippen LogP contribution is 2.28. The predicted octanol–water partition coefficient (Wildman–Crippen LogP) is 2.44. The summed E-state index contributed by atoms with van der Waals surface area (Å²) < 4.78 is 5.53. The molecule has 1 aliphatic rings. The Bertz CT molecular complexity index is 366. The maximum atomic E-state index is 5.94. The van der Waals surface area contributed by atoms with Gasteiger partial charge in [0, 0.05) is 19.7 Å². The van der Waals surface area contributed by atoms with Crippen LogP contribution in [0.4, 0.5) is 5.69 Å². The second-order valence-electron chi connectivity index (χ2n) is 4.55. The van der Waals surface area contributed by atoms with E-state index in [1.807, 2.05) is 18.2 Å². The van der Waals surface area contributed by atoms with Gasteiger partial charge in [-0.25, -0.2) is 0 Å². The fraction of sp³-hybridized carbons (Fsp3) is 0.538. The fourth-order valence-electron chi connectivity index (χ4n) is 1.59. The number of rotatable bonds is 7. The SMILES string of the molecule is Nc1ccc(CNCCOCC2CC2)cc1Cl. The highest BCUT2D eigenvalue weighted by atomic mass is 35.5. The van der Waals surface area contributed by atoms with E-state index >= 15 is 0 Å². The smallest absolute Gasteiger partial charge is 0.0638 e. The molecule has 0 spiro atoms. The molecule has 1 aromatic rings. The Morgan fingerprint density at radius 2 is 2.24 bits per heavy atom. The molecular formula is C13H19ClN2O. The number of ether oxygens (including phenoxy) is 1. The molecule has 1 fully saturated rings. The first kappa shape index (κ1) is 12.7. The molecule has 17 heavy (non-hydrogen) atoms. The van der Waals surface area contributed by atoms with Crippen molar-refractivity contribution in [2.24, 2.45) is 5.92 Å². The zero-order chi connectivity index (χ0) is 12.1. The van der Waals surface area contributed by atoms with Crippen LogP contribution < -0.4 is 11.1 Å². The van der Waals surface area contributed by atoms with Crippen molar-refractivity contribution in [2.75, 3.05) is 25.5 Å². The van der Waals surface area contributed by atoms with Gasteiger partial charge in [0.15, 0.2) is 0 Å². The van der Waals surface area contributed by atoms with E-state index < -0.39 is 0 Å². The molecule has 0 atom stereocenters. The molecule has 2 rings (SSSR count). The van der Waals surface area contributed by atoms with Crippen LogP contribution in [-0.2, 0) is 11.3 Å². The third-order valence-electron chi connectivity index (χ3n) is 2.87. The van der Waals surface area contributed by atoms with Gasteiger partial charge in [-0.15, -0.1) is 0 Å². The van der Waals surface area contributed by atoms with Crippen molar-refractivity contribution in [3.63, 3.8) is 0 Å². The Kier molecular flexibility index (Phi) is 4.66. The number of hydrogen-bond donors (Lipinski definition) is 2. The number of benzene rings is 1. The summed E-state index contributed by atoms with van der Waals surface area (Å²) in [6, 6.07) is 5.72. The van der Waals surface area contributed by atoms with Crippen molar-refractivity contribution in [1.82, 2.24) is 5.32 Å². The van der Waals surface area contributed by atoms with Crippen LogP contribution in [0.25, 0.3) is 0 Å². The first-order chi connectivity index (χ1) is 8.25. The van der Waals surface area contributed by atoms with Crippen molar-refractivity contribution in [2.45, 2.75) is 19.4 Å². The first-order valence-corrected chi connectivity index (χ1v) is 6.46. The molecule has 0 heterocycles. The van der Waals surface area contributed by atoms with Crippen LogP contribution in [0.1, 0.15) is 18.4 Å². The number of anilines is 1. The normalized spacial score (nSPS) is 15.1. The molecule has 1 aliphatic carbocycles. The topological polar surface area (TPSA) is 47.3 Å². The van der Waals surface area contributed by atoms with Gasteiger partial charge in [-0.1, -0.05) is 17.7 Å². The van der Waals surface area contributed by atoms with Gasteiger partial charge in [-0.3, -0.25) is 0 Å². The maximum absolute atomic E-state index is 5.94. The highest BCUT2D eigenvalue weighted by molar-refractivity contribution is 6.33. The lowest BCUT2D eigenvalue weighted by Crippen LogP contribution is -2.19. The minimum atomic E-state index is 0.620. The monoisotopic (exact) mass is 254 g/mol. The van der Waals surface area contributed by atoms with Gasteiger partial charge in [0.05, 0.1) is 17.3 Å². The summed E-state index contributed by atoms with van der Waals surface area (Å²) in [7, 11) is 0. The number of hydrogen-bond acceptors (Lipinski definition) is 3. The van der Waals surface area contributed by atoms with Crippen LogP contribution in [0.15, 0.2) is 18.2 Å². The van der Waals surface area contributed by atoms with Gasteiger partial charge in [0.2, 0.25) is 0 Å². The summed E-state index contributed by atoms with van der Waals surface area (Å²) in [4.78, 5) is 0. The lowest BCUT2D eigenvalue weighted by Gasteiger charge is -2.07. The van der Waals surface area contributed by atoms with E-state index in [1.54, 1.807) is 0 Å². The van der Waals surface area contributed by atoms with Crippen LogP contribution >= 0.6 is 11.6 Å². The summed E-state index contributed by atoms with van der Waals surface area (Å²) in [5.74, 6) is 0.839. The van der Waals surface area contributed by atoms with Gasteiger partial charge < -0.3 is 15.8 Å². The summed E-state index contributed by atoms with van der Waals surface area (Å²) in [5.41, 5.74) is 7.42. The molecule has 0 amide bonds. The van der Waals surface area contributed by atoms with E-state index in [9.17, 15) is 0 Å². The molecule has 0 aromatic heterocycles. The molecule has 0 radical (unpaired) electrons. The maximum Gasteiger partial charge on any atom is 0.0638 e. The van der Waals surface area contributed by atoms with Crippen molar-refractivity contribution in [3.05, 3.63) is 28.8 Å². The Morgan fingerprint density at radius 1 is 1.41 bits per heavy atom. The molecule has 94 valence electrons. The zero-order valence-corrected chi connectivity index (χ0v) is 10.7. The van der Waals surface area contributed by atoms with E-state index in [4.69, 9.17) is 22.1 Å². The third-order valence-corrected chi connectivity index (χ3v) is 3.19. The van der Waals surface area contributed by atoms with Gasteiger partial charge in [0.25, 0.3) is 0 Å². The quantitative estimate of drug-likeness (QED) is 0.580. The Labute approximate surface area is 107 Å². The van der Waals surface area contributed by atoms with Gasteiger partial charge in [-0.05, 0) is 36.5 Å². The van der Waals surface area contributed by atoms with E-state index in [0.717, 1.165) is 37.8 Å². The number of nitrogens with one attached hydrogen (secondary N) is 1. The molecule has 0 aliphatic heterocycles. The second-order valence-corrected chi connectivity index (χ2v) is 4.96. The molecule has 1 aromatic carbocycles. The average molecular weight is 255 g/mol. The van der Waals surface area contributed by atoms with Crippen LogP contribution in [-0.4, -0.2) is 19.8 Å². The van der Waals surface area contributed by atoms with Crippen molar-refractivity contribution in [1.29, 1.82) is 0 Å². The third kappa shape index (κ3) is 4.54. The lowest BCUT2D eigenvalue weighted by molar-refractivity contribution is 0.126. The number of halogens is 1. The molecular weight excluding hydrogens is 236 g/mol. The average Bonchev–Trinajstić information content (AvgIpc) is 3.12. The van der Waals surface area contributed by atoms with E-state index in [0.29, 0.717) is 10.7 Å². The second kappa shape index (κ2) is 6.24.